The minimum Gasteiger partial charge on any atom is -0.484 e. The van der Waals surface area contributed by atoms with Crippen LogP contribution in [0.3, 0.4) is 0 Å². The maximum absolute atomic E-state index is 6.23. The van der Waals surface area contributed by atoms with E-state index in [1.165, 1.54) is 0 Å². The third-order valence-corrected chi connectivity index (χ3v) is 4.31. The van der Waals surface area contributed by atoms with Gasteiger partial charge in [0, 0.05) is 11.1 Å². The Morgan fingerprint density at radius 3 is 2.41 bits per heavy atom. The Morgan fingerprint density at radius 1 is 0.889 bits per heavy atom. The molecule has 4 rings (SSSR count). The third kappa shape index (κ3) is 3.98. The van der Waals surface area contributed by atoms with Crippen molar-refractivity contribution in [2.45, 2.75) is 6.10 Å². The molecule has 0 spiro atoms. The first-order valence-corrected chi connectivity index (χ1v) is 8.80. The number of nitrogen functional groups attached to an aromatic ring is 1. The summed E-state index contributed by atoms with van der Waals surface area (Å²) in [5.41, 5.74) is 8.55. The fourth-order valence-electron chi connectivity index (χ4n) is 2.96. The van der Waals surface area contributed by atoms with E-state index in [1.807, 2.05) is 66.7 Å². The number of nitrogens with zero attached hydrogens (tertiary/aromatic N) is 2. The monoisotopic (exact) mass is 356 g/mol. The van der Waals surface area contributed by atoms with Gasteiger partial charge in [-0.25, -0.2) is 9.97 Å². The van der Waals surface area contributed by atoms with Gasteiger partial charge in [-0.2, -0.15) is 0 Å². The fourth-order valence-corrected chi connectivity index (χ4v) is 2.96. The average Bonchev–Trinajstić information content (AvgIpc) is 2.72. The topological polar surface area (TPSA) is 73.1 Å². The van der Waals surface area contributed by atoms with Crippen LogP contribution in [0.25, 0.3) is 10.9 Å². The Hall–Kier alpha value is -3.60. The van der Waals surface area contributed by atoms with Crippen molar-refractivity contribution in [1.82, 2.24) is 9.97 Å². The highest BCUT2D eigenvalue weighted by Crippen LogP contribution is 2.25. The summed E-state index contributed by atoms with van der Waals surface area (Å²) in [5.74, 6) is 1.56. The zero-order chi connectivity index (χ0) is 18.5. The lowest BCUT2D eigenvalue weighted by Gasteiger charge is -2.21. The lowest BCUT2D eigenvalue weighted by atomic mass is 10.1. The number of para-hydroxylation sites is 1. The normalized spacial score (nSPS) is 11.9. The molecular formula is C22H20N4O. The summed E-state index contributed by atoms with van der Waals surface area (Å²) in [4.78, 5) is 8.69. The predicted molar refractivity (Wildman–Crippen MR) is 109 cm³/mol. The van der Waals surface area contributed by atoms with Gasteiger partial charge < -0.3 is 15.8 Å². The van der Waals surface area contributed by atoms with Crippen LogP contribution in [0.5, 0.6) is 5.75 Å². The van der Waals surface area contributed by atoms with E-state index in [-0.39, 0.29) is 6.10 Å². The lowest BCUT2D eigenvalue weighted by Crippen LogP contribution is -2.19. The molecule has 3 N–H and O–H groups in total. The number of anilines is 2. The Morgan fingerprint density at radius 2 is 1.63 bits per heavy atom. The second kappa shape index (κ2) is 7.74. The minimum atomic E-state index is -0.167. The van der Waals surface area contributed by atoms with Gasteiger partial charge in [0.05, 0.1) is 12.1 Å². The Balaban J connectivity index is 1.60. The molecule has 0 saturated carbocycles. The summed E-state index contributed by atoms with van der Waals surface area (Å²) < 4.78 is 6.23. The molecule has 0 saturated heterocycles. The van der Waals surface area contributed by atoms with Crippen LogP contribution < -0.4 is 15.8 Å². The molecule has 0 aliphatic heterocycles. The van der Waals surface area contributed by atoms with Crippen molar-refractivity contribution in [3.63, 3.8) is 0 Å². The van der Waals surface area contributed by atoms with E-state index in [2.05, 4.69) is 27.4 Å². The Kier molecular flexibility index (Phi) is 4.83. The molecule has 3 aromatic carbocycles. The molecule has 0 aliphatic carbocycles. The van der Waals surface area contributed by atoms with Crippen molar-refractivity contribution in [2.24, 2.45) is 0 Å². The highest BCUT2D eigenvalue weighted by atomic mass is 16.5. The molecule has 1 heterocycles. The van der Waals surface area contributed by atoms with E-state index in [0.29, 0.717) is 12.2 Å². The lowest BCUT2D eigenvalue weighted by molar-refractivity contribution is 0.219. The van der Waals surface area contributed by atoms with Gasteiger partial charge in [-0.15, -0.1) is 0 Å². The molecule has 0 aliphatic rings. The summed E-state index contributed by atoms with van der Waals surface area (Å²) >= 11 is 0. The van der Waals surface area contributed by atoms with Crippen molar-refractivity contribution >= 4 is 22.4 Å². The van der Waals surface area contributed by atoms with Crippen LogP contribution in [-0.4, -0.2) is 16.5 Å². The third-order valence-electron chi connectivity index (χ3n) is 4.31. The molecule has 5 nitrogen and oxygen atoms in total. The number of hydrogen-bond donors (Lipinski definition) is 2. The average molecular weight is 356 g/mol. The quantitative estimate of drug-likeness (QED) is 0.500. The fraction of sp³-hybridized carbons (Fsp3) is 0.0909. The molecule has 0 bridgehead atoms. The van der Waals surface area contributed by atoms with E-state index in [1.54, 1.807) is 6.33 Å². The zero-order valence-electron chi connectivity index (χ0n) is 14.7. The molecule has 134 valence electrons. The first-order chi connectivity index (χ1) is 13.3. The predicted octanol–water partition coefficient (Wildman–Crippen LogP) is 4.44. The molecule has 1 atom stereocenters. The molecule has 0 amide bonds. The molecule has 0 radical (unpaired) electrons. The zero-order valence-corrected chi connectivity index (χ0v) is 14.7. The van der Waals surface area contributed by atoms with E-state index in [0.717, 1.165) is 28.0 Å². The Labute approximate surface area is 157 Å². The van der Waals surface area contributed by atoms with Crippen LogP contribution in [-0.2, 0) is 0 Å². The van der Waals surface area contributed by atoms with Gasteiger partial charge >= 0.3 is 0 Å². The second-order valence-corrected chi connectivity index (χ2v) is 6.21. The van der Waals surface area contributed by atoms with Crippen molar-refractivity contribution in [3.05, 3.63) is 90.8 Å². The van der Waals surface area contributed by atoms with Gasteiger partial charge in [-0.3, -0.25) is 0 Å². The SMILES string of the molecule is Nc1ccc2ncnc(NCC(Oc3ccccc3)c3ccccc3)c2c1. The van der Waals surface area contributed by atoms with Crippen LogP contribution in [0.15, 0.2) is 85.2 Å². The molecule has 5 heteroatoms. The minimum absolute atomic E-state index is 0.167. The summed E-state index contributed by atoms with van der Waals surface area (Å²) in [7, 11) is 0. The van der Waals surface area contributed by atoms with E-state index in [4.69, 9.17) is 10.5 Å². The molecular weight excluding hydrogens is 336 g/mol. The number of nitrogens with two attached hydrogens (primary N) is 1. The van der Waals surface area contributed by atoms with Crippen LogP contribution in [0.1, 0.15) is 11.7 Å². The highest BCUT2D eigenvalue weighted by Gasteiger charge is 2.14. The first-order valence-electron chi connectivity index (χ1n) is 8.80. The number of fused-ring (bicyclic) bond motifs is 1. The van der Waals surface area contributed by atoms with E-state index < -0.39 is 0 Å². The molecule has 4 aromatic rings. The largest absolute Gasteiger partial charge is 0.484 e. The summed E-state index contributed by atoms with van der Waals surface area (Å²) in [5, 5.41) is 4.29. The van der Waals surface area contributed by atoms with Gasteiger partial charge in [0.25, 0.3) is 0 Å². The standard InChI is InChI=1S/C22H20N4O/c23-17-11-12-20-19(13-17)22(26-15-25-20)24-14-21(16-7-3-1-4-8-16)27-18-9-5-2-6-10-18/h1-13,15,21H,14,23H2,(H,24,25,26). The van der Waals surface area contributed by atoms with Gasteiger partial charge in [0.1, 0.15) is 24.0 Å². The van der Waals surface area contributed by atoms with Crippen LogP contribution in [0, 0.1) is 0 Å². The molecule has 1 unspecified atom stereocenters. The maximum Gasteiger partial charge on any atom is 0.141 e. The van der Waals surface area contributed by atoms with Gasteiger partial charge in [0.15, 0.2) is 0 Å². The van der Waals surface area contributed by atoms with Crippen molar-refractivity contribution in [2.75, 3.05) is 17.6 Å². The van der Waals surface area contributed by atoms with Gasteiger partial charge in [-0.05, 0) is 35.9 Å². The van der Waals surface area contributed by atoms with Crippen LogP contribution in [0.4, 0.5) is 11.5 Å². The number of nitrogens with one attached hydrogen (secondary N) is 1. The van der Waals surface area contributed by atoms with Crippen molar-refractivity contribution in [3.8, 4) is 5.75 Å². The smallest absolute Gasteiger partial charge is 0.141 e. The molecule has 27 heavy (non-hydrogen) atoms. The molecule has 1 aromatic heterocycles. The van der Waals surface area contributed by atoms with Crippen LogP contribution >= 0.6 is 0 Å². The highest BCUT2D eigenvalue weighted by molar-refractivity contribution is 5.91. The maximum atomic E-state index is 6.23. The summed E-state index contributed by atoms with van der Waals surface area (Å²) in [6, 6.07) is 25.6. The van der Waals surface area contributed by atoms with Gasteiger partial charge in [0.2, 0.25) is 0 Å². The van der Waals surface area contributed by atoms with Crippen molar-refractivity contribution < 1.29 is 4.74 Å². The number of benzene rings is 3. The van der Waals surface area contributed by atoms with Crippen LogP contribution in [0.2, 0.25) is 0 Å². The number of aromatic nitrogens is 2. The van der Waals surface area contributed by atoms with Gasteiger partial charge in [-0.1, -0.05) is 48.5 Å². The number of ether oxygens (including phenoxy) is 1. The number of rotatable bonds is 6. The first kappa shape index (κ1) is 16.8. The second-order valence-electron chi connectivity index (χ2n) is 6.21. The van der Waals surface area contributed by atoms with E-state index in [9.17, 15) is 0 Å². The number of hydrogen-bond acceptors (Lipinski definition) is 5. The summed E-state index contributed by atoms with van der Waals surface area (Å²) in [6.07, 6.45) is 1.39. The Bertz CT molecular complexity index is 1020. The summed E-state index contributed by atoms with van der Waals surface area (Å²) in [6.45, 7) is 0.555. The van der Waals surface area contributed by atoms with E-state index >= 15 is 0 Å². The van der Waals surface area contributed by atoms with Crippen molar-refractivity contribution in [1.29, 1.82) is 0 Å². The molecule has 0 fully saturated rings.